The first-order valence-electron chi connectivity index (χ1n) is 11.1. The molecule has 3 fully saturated rings. The fourth-order valence-corrected chi connectivity index (χ4v) is 6.44. The Kier molecular flexibility index (Phi) is 6.69. The van der Waals surface area contributed by atoms with E-state index in [0.717, 1.165) is 36.2 Å². The molecule has 152 valence electrons. The monoisotopic (exact) mass is 372 g/mol. The van der Waals surface area contributed by atoms with Crippen LogP contribution >= 0.6 is 0 Å². The van der Waals surface area contributed by atoms with Gasteiger partial charge in [0.05, 0.1) is 6.10 Å². The van der Waals surface area contributed by atoms with Gasteiger partial charge in [0.1, 0.15) is 0 Å². The fraction of sp³-hybridized carbons (Fsp3) is 0.760. The lowest BCUT2D eigenvalue weighted by molar-refractivity contribution is 0.0960. The predicted molar refractivity (Wildman–Crippen MR) is 114 cm³/mol. The van der Waals surface area contributed by atoms with Crippen LogP contribution in [0.3, 0.4) is 0 Å². The highest BCUT2D eigenvalue weighted by Crippen LogP contribution is 2.59. The van der Waals surface area contributed by atoms with E-state index in [9.17, 15) is 5.11 Å². The first-order valence-corrected chi connectivity index (χ1v) is 11.1. The quantitative estimate of drug-likeness (QED) is 0.593. The molecular formula is C25H40O2. The Bertz CT molecular complexity index is 583. The van der Waals surface area contributed by atoms with Crippen LogP contribution in [0.1, 0.15) is 72.1 Å². The topological polar surface area (TPSA) is 29.5 Å². The molecule has 2 nitrogen and oxygen atoms in total. The summed E-state index contributed by atoms with van der Waals surface area (Å²) in [7, 11) is 1.76. The van der Waals surface area contributed by atoms with Crippen LogP contribution in [0.5, 0.6) is 0 Å². The van der Waals surface area contributed by atoms with Gasteiger partial charge in [-0.25, -0.2) is 0 Å². The summed E-state index contributed by atoms with van der Waals surface area (Å²) in [6.07, 6.45) is 14.8. The Balaban J connectivity index is 1.79. The Morgan fingerprint density at radius 1 is 1.30 bits per heavy atom. The van der Waals surface area contributed by atoms with E-state index in [1.54, 1.807) is 12.7 Å². The molecule has 6 atom stereocenters. The molecule has 0 heterocycles. The van der Waals surface area contributed by atoms with Crippen LogP contribution in [-0.4, -0.2) is 24.9 Å². The minimum absolute atomic E-state index is 0.0541. The molecule has 0 saturated heterocycles. The van der Waals surface area contributed by atoms with Crippen LogP contribution in [0.15, 0.2) is 35.5 Å². The number of aliphatic hydroxyl groups excluding tert-OH is 1. The van der Waals surface area contributed by atoms with Crippen LogP contribution in [-0.2, 0) is 4.74 Å². The lowest BCUT2D eigenvalue weighted by Gasteiger charge is -2.44. The molecule has 0 radical (unpaired) electrons. The van der Waals surface area contributed by atoms with Gasteiger partial charge >= 0.3 is 0 Å². The molecule has 0 aromatic carbocycles. The van der Waals surface area contributed by atoms with Crippen molar-refractivity contribution in [2.75, 3.05) is 13.7 Å². The second-order valence-electron chi connectivity index (χ2n) is 9.63. The van der Waals surface area contributed by atoms with Crippen molar-refractivity contribution < 1.29 is 9.84 Å². The van der Waals surface area contributed by atoms with Gasteiger partial charge in [0, 0.05) is 19.6 Å². The Morgan fingerprint density at radius 3 is 2.74 bits per heavy atom. The summed E-state index contributed by atoms with van der Waals surface area (Å²) in [5.41, 5.74) is 4.65. The molecule has 0 spiro atoms. The second kappa shape index (κ2) is 8.66. The summed E-state index contributed by atoms with van der Waals surface area (Å²) in [5, 5.41) is 9.71. The van der Waals surface area contributed by atoms with E-state index < -0.39 is 0 Å². The molecule has 0 aromatic rings. The molecule has 0 bridgehead atoms. The molecule has 1 unspecified atom stereocenters. The summed E-state index contributed by atoms with van der Waals surface area (Å²) in [6, 6.07) is 0. The molecule has 27 heavy (non-hydrogen) atoms. The number of ether oxygens (including phenoxy) is 1. The average molecular weight is 373 g/mol. The van der Waals surface area contributed by atoms with Gasteiger partial charge in [0.15, 0.2) is 0 Å². The minimum Gasteiger partial charge on any atom is -0.396 e. The number of hydrogen-bond donors (Lipinski definition) is 1. The number of methoxy groups -OCH3 is 1. The molecule has 3 aliphatic rings. The first-order chi connectivity index (χ1) is 12.9. The van der Waals surface area contributed by atoms with E-state index in [4.69, 9.17) is 4.74 Å². The van der Waals surface area contributed by atoms with Gasteiger partial charge < -0.3 is 9.84 Å². The number of aliphatic hydroxyl groups is 1. The van der Waals surface area contributed by atoms with E-state index >= 15 is 0 Å². The first kappa shape index (κ1) is 20.9. The van der Waals surface area contributed by atoms with Gasteiger partial charge in [-0.3, -0.25) is 0 Å². The predicted octanol–water partition coefficient (Wildman–Crippen LogP) is 6.08. The average Bonchev–Trinajstić information content (AvgIpc) is 3.04. The fourth-order valence-electron chi connectivity index (χ4n) is 6.44. The summed E-state index contributed by atoms with van der Waals surface area (Å²) >= 11 is 0. The van der Waals surface area contributed by atoms with Crippen LogP contribution in [0.2, 0.25) is 0 Å². The van der Waals surface area contributed by atoms with Crippen LogP contribution in [0.25, 0.3) is 0 Å². The maximum Gasteiger partial charge on any atom is 0.0819 e. The highest BCUT2D eigenvalue weighted by atomic mass is 16.5. The Morgan fingerprint density at radius 2 is 2.07 bits per heavy atom. The Hall–Kier alpha value is -0.860. The zero-order chi connectivity index (χ0) is 19.6. The van der Waals surface area contributed by atoms with Gasteiger partial charge in [0.25, 0.3) is 0 Å². The largest absolute Gasteiger partial charge is 0.396 e. The zero-order valence-corrected chi connectivity index (χ0v) is 18.0. The second-order valence-corrected chi connectivity index (χ2v) is 9.63. The highest BCUT2D eigenvalue weighted by molar-refractivity contribution is 5.29. The smallest absolute Gasteiger partial charge is 0.0819 e. The zero-order valence-electron chi connectivity index (χ0n) is 18.0. The summed E-state index contributed by atoms with van der Waals surface area (Å²) < 4.78 is 5.62. The van der Waals surface area contributed by atoms with Gasteiger partial charge in [-0.1, -0.05) is 57.1 Å². The third-order valence-electron chi connectivity index (χ3n) is 8.30. The Labute approximate surface area is 166 Å². The van der Waals surface area contributed by atoms with E-state index in [2.05, 4.69) is 39.5 Å². The molecule has 0 aromatic heterocycles. The van der Waals surface area contributed by atoms with Crippen molar-refractivity contribution in [1.29, 1.82) is 0 Å². The number of hydrogen-bond acceptors (Lipinski definition) is 2. The van der Waals surface area contributed by atoms with Crippen LogP contribution in [0.4, 0.5) is 0 Å². The summed E-state index contributed by atoms with van der Waals surface area (Å²) in [4.78, 5) is 0. The molecule has 3 saturated carbocycles. The minimum atomic E-state index is 0.0541. The van der Waals surface area contributed by atoms with E-state index in [-0.39, 0.29) is 18.6 Å². The molecule has 0 amide bonds. The van der Waals surface area contributed by atoms with Crippen molar-refractivity contribution in [2.24, 2.45) is 29.1 Å². The molecule has 0 aliphatic heterocycles. The summed E-state index contributed by atoms with van der Waals surface area (Å²) in [5.74, 6) is 2.65. The van der Waals surface area contributed by atoms with Gasteiger partial charge in [-0.15, -0.1) is 0 Å². The maximum atomic E-state index is 9.71. The van der Waals surface area contributed by atoms with Crippen molar-refractivity contribution in [3.05, 3.63) is 35.5 Å². The lowest BCUT2D eigenvalue weighted by atomic mass is 9.61. The molecular weight excluding hydrogens is 332 g/mol. The maximum absolute atomic E-state index is 9.71. The van der Waals surface area contributed by atoms with Crippen molar-refractivity contribution in [2.45, 2.75) is 78.2 Å². The normalized spacial score (nSPS) is 41.1. The molecule has 1 N–H and O–H groups in total. The standard InChI is InChI=1S/C25H40O2/c1-6-17(2)22-11-12-23-20(8-7-13-25(22,23)4)10-9-19-14-21(16-26)18(3)24(15-19)27-5/h9-10,17,21-24,26H,3,6-8,11-16H2,1-2,4-5H3/b19-9-,20-10+/t17-,21-,22?,23-,24+,25+/m0/s1. The summed E-state index contributed by atoms with van der Waals surface area (Å²) in [6.45, 7) is 11.7. The van der Waals surface area contributed by atoms with Crippen molar-refractivity contribution in [3.63, 3.8) is 0 Å². The van der Waals surface area contributed by atoms with Gasteiger partial charge in [0.2, 0.25) is 0 Å². The number of rotatable bonds is 5. The van der Waals surface area contributed by atoms with Crippen molar-refractivity contribution in [3.8, 4) is 0 Å². The van der Waals surface area contributed by atoms with E-state index in [1.165, 1.54) is 44.1 Å². The van der Waals surface area contributed by atoms with Gasteiger partial charge in [-0.2, -0.15) is 0 Å². The van der Waals surface area contributed by atoms with Crippen LogP contribution < -0.4 is 0 Å². The molecule has 3 aliphatic carbocycles. The van der Waals surface area contributed by atoms with E-state index in [1.807, 2.05) is 0 Å². The highest BCUT2D eigenvalue weighted by Gasteiger charge is 2.50. The third-order valence-corrected chi connectivity index (χ3v) is 8.30. The number of allylic oxidation sites excluding steroid dienone is 3. The van der Waals surface area contributed by atoms with Crippen molar-refractivity contribution in [1.82, 2.24) is 0 Å². The number of fused-ring (bicyclic) bond motifs is 1. The van der Waals surface area contributed by atoms with E-state index in [0.29, 0.717) is 5.41 Å². The lowest BCUT2D eigenvalue weighted by Crippen LogP contribution is -2.35. The third kappa shape index (κ3) is 3.98. The van der Waals surface area contributed by atoms with Crippen LogP contribution in [0, 0.1) is 29.1 Å². The van der Waals surface area contributed by atoms with Crippen molar-refractivity contribution >= 4 is 0 Å². The SMILES string of the molecule is C=C1[C@H](CO)C/C(=C/C=C2\CCC[C@]3(C)C([C@@H](C)CC)CC[C@@H]23)C[C@H]1OC. The molecule has 2 heteroatoms. The van der Waals surface area contributed by atoms with Gasteiger partial charge in [-0.05, 0) is 73.7 Å². The molecule has 3 rings (SSSR count).